The summed E-state index contributed by atoms with van der Waals surface area (Å²) >= 11 is 0. The quantitative estimate of drug-likeness (QED) is 0.396. The number of aliphatic hydroxyl groups is 1. The van der Waals surface area contributed by atoms with E-state index in [1.165, 1.54) is 6.92 Å². The minimum atomic E-state index is -1.30. The standard InChI is InChI=1S/C21H26N6O4/c1-12-15(24-25-26(12)11-14-7-4-3-5-8-14)17(29)18-21(9-6-10-23-21)20(31)27(18)16(13(2)28)19(22)30/h3-5,7-8,13,16,18,23,28H,6,9-11H2,1-2H3,(H2,22,30)/t13-,16+,18?,21?/m1/s1. The Kier molecular flexibility index (Phi) is 5.36. The number of β-lactam (4-membered cyclic amide) rings is 1. The second-order valence-corrected chi connectivity index (χ2v) is 8.24. The number of hydrogen-bond acceptors (Lipinski definition) is 7. The zero-order valence-electron chi connectivity index (χ0n) is 17.5. The van der Waals surface area contributed by atoms with Crippen LogP contribution in [0.5, 0.6) is 0 Å². The molecule has 3 heterocycles. The number of rotatable bonds is 7. The van der Waals surface area contributed by atoms with Gasteiger partial charge >= 0.3 is 0 Å². The summed E-state index contributed by atoms with van der Waals surface area (Å²) in [7, 11) is 0. The third-order valence-corrected chi connectivity index (χ3v) is 6.24. The van der Waals surface area contributed by atoms with Crippen molar-refractivity contribution in [2.75, 3.05) is 6.54 Å². The van der Waals surface area contributed by atoms with E-state index in [1.54, 1.807) is 11.6 Å². The van der Waals surface area contributed by atoms with Crippen molar-refractivity contribution in [2.45, 2.75) is 57.0 Å². The van der Waals surface area contributed by atoms with Crippen LogP contribution in [0, 0.1) is 6.92 Å². The van der Waals surface area contributed by atoms with Crippen molar-refractivity contribution >= 4 is 17.6 Å². The molecule has 1 aromatic carbocycles. The highest BCUT2D eigenvalue weighted by Crippen LogP contribution is 2.41. The van der Waals surface area contributed by atoms with E-state index in [1.807, 2.05) is 30.3 Å². The number of benzene rings is 1. The monoisotopic (exact) mass is 426 g/mol. The van der Waals surface area contributed by atoms with Gasteiger partial charge in [-0.15, -0.1) is 5.10 Å². The van der Waals surface area contributed by atoms with Crippen LogP contribution in [0.3, 0.4) is 0 Å². The Labute approximate surface area is 179 Å². The molecular weight excluding hydrogens is 400 g/mol. The first kappa shape index (κ1) is 21.1. The molecule has 0 bridgehead atoms. The number of primary amides is 1. The van der Waals surface area contributed by atoms with Crippen LogP contribution in [0.2, 0.25) is 0 Å². The number of nitrogens with two attached hydrogens (primary N) is 1. The fourth-order valence-electron chi connectivity index (χ4n) is 4.69. The summed E-state index contributed by atoms with van der Waals surface area (Å²) in [4.78, 5) is 39.8. The molecule has 4 rings (SSSR count). The van der Waals surface area contributed by atoms with Gasteiger partial charge in [0.05, 0.1) is 18.3 Å². The van der Waals surface area contributed by atoms with Gasteiger partial charge in [0.25, 0.3) is 0 Å². The topological polar surface area (TPSA) is 143 Å². The summed E-state index contributed by atoms with van der Waals surface area (Å²) in [5.74, 6) is -1.68. The third kappa shape index (κ3) is 3.31. The number of carbonyl (C=O) groups excluding carboxylic acids is 3. The molecule has 10 nitrogen and oxygen atoms in total. The van der Waals surface area contributed by atoms with Crippen LogP contribution in [0.4, 0.5) is 0 Å². The highest BCUT2D eigenvalue weighted by atomic mass is 16.3. The van der Waals surface area contributed by atoms with Gasteiger partial charge in [-0.1, -0.05) is 35.5 Å². The lowest BCUT2D eigenvalue weighted by Crippen LogP contribution is -2.83. The van der Waals surface area contributed by atoms with E-state index in [0.29, 0.717) is 25.2 Å². The first-order chi connectivity index (χ1) is 14.8. The minimum absolute atomic E-state index is 0.139. The lowest BCUT2D eigenvalue weighted by Gasteiger charge is -2.55. The number of Topliss-reactive ketones (excluding diaryl/α,β-unsaturated/α-hetero) is 1. The molecule has 2 unspecified atom stereocenters. The average molecular weight is 426 g/mol. The predicted molar refractivity (Wildman–Crippen MR) is 110 cm³/mol. The van der Waals surface area contributed by atoms with E-state index in [4.69, 9.17) is 5.73 Å². The molecule has 1 aromatic heterocycles. The maximum Gasteiger partial charge on any atom is 0.247 e. The normalized spacial score (nSPS) is 24.8. The summed E-state index contributed by atoms with van der Waals surface area (Å²) < 4.78 is 1.63. The van der Waals surface area contributed by atoms with Gasteiger partial charge in [-0.05, 0) is 38.8 Å². The SMILES string of the molecule is Cc1c(C(=O)C2N([C@H](C(N)=O)[C@@H](C)O)C(=O)C23CCCN3)nnn1Cc1ccccc1. The number of ketones is 1. The maximum absolute atomic E-state index is 13.6. The molecule has 1 spiro atoms. The molecule has 0 saturated carbocycles. The summed E-state index contributed by atoms with van der Waals surface area (Å²) in [6.07, 6.45) is -0.0365. The smallest absolute Gasteiger partial charge is 0.247 e. The Morgan fingerprint density at radius 2 is 2.06 bits per heavy atom. The molecular formula is C21H26N6O4. The third-order valence-electron chi connectivity index (χ3n) is 6.24. The average Bonchev–Trinajstić information content (AvgIpc) is 3.37. The van der Waals surface area contributed by atoms with Gasteiger partial charge in [0.2, 0.25) is 17.6 Å². The summed E-state index contributed by atoms with van der Waals surface area (Å²) in [5.41, 5.74) is 6.07. The molecule has 2 fully saturated rings. The highest BCUT2D eigenvalue weighted by molar-refractivity contribution is 6.13. The molecule has 164 valence electrons. The molecule has 31 heavy (non-hydrogen) atoms. The molecule has 4 N–H and O–H groups in total. The second-order valence-electron chi connectivity index (χ2n) is 8.24. The van der Waals surface area contributed by atoms with Crippen molar-refractivity contribution in [1.29, 1.82) is 0 Å². The molecule has 2 saturated heterocycles. The van der Waals surface area contributed by atoms with Crippen LogP contribution in [0.15, 0.2) is 30.3 Å². The number of amides is 2. The fraction of sp³-hybridized carbons (Fsp3) is 0.476. The van der Waals surface area contributed by atoms with E-state index in [2.05, 4.69) is 15.6 Å². The van der Waals surface area contributed by atoms with Crippen LogP contribution >= 0.6 is 0 Å². The van der Waals surface area contributed by atoms with Crippen LogP contribution in [0.1, 0.15) is 41.5 Å². The number of aromatic nitrogens is 3. The van der Waals surface area contributed by atoms with E-state index < -0.39 is 41.3 Å². The number of hydrogen-bond donors (Lipinski definition) is 3. The van der Waals surface area contributed by atoms with Crippen molar-refractivity contribution in [3.63, 3.8) is 0 Å². The maximum atomic E-state index is 13.6. The van der Waals surface area contributed by atoms with Crippen molar-refractivity contribution in [2.24, 2.45) is 5.73 Å². The molecule has 10 heteroatoms. The van der Waals surface area contributed by atoms with Gasteiger partial charge in [0.1, 0.15) is 17.6 Å². The zero-order chi connectivity index (χ0) is 22.3. The van der Waals surface area contributed by atoms with Crippen LogP contribution in [-0.2, 0) is 16.1 Å². The van der Waals surface area contributed by atoms with Gasteiger partial charge in [-0.3, -0.25) is 14.4 Å². The first-order valence-electron chi connectivity index (χ1n) is 10.3. The van der Waals surface area contributed by atoms with Gasteiger partial charge in [-0.25, -0.2) is 4.68 Å². The van der Waals surface area contributed by atoms with Gasteiger partial charge in [0.15, 0.2) is 5.69 Å². The summed E-state index contributed by atoms with van der Waals surface area (Å²) in [6.45, 7) is 4.15. The van der Waals surface area contributed by atoms with E-state index >= 15 is 0 Å². The molecule has 0 radical (unpaired) electrons. The van der Waals surface area contributed by atoms with E-state index in [-0.39, 0.29) is 5.69 Å². The lowest BCUT2D eigenvalue weighted by atomic mass is 9.73. The van der Waals surface area contributed by atoms with Gasteiger partial charge in [-0.2, -0.15) is 0 Å². The number of nitrogens with one attached hydrogen (secondary N) is 1. The Hall–Kier alpha value is -3.11. The molecule has 2 aliphatic heterocycles. The van der Waals surface area contributed by atoms with Gasteiger partial charge < -0.3 is 21.1 Å². The Balaban J connectivity index is 1.68. The van der Waals surface area contributed by atoms with Crippen LogP contribution in [-0.4, -0.2) is 72.9 Å². The molecule has 2 amide bonds. The summed E-state index contributed by atoms with van der Waals surface area (Å²) in [5, 5.41) is 21.5. The lowest BCUT2D eigenvalue weighted by molar-refractivity contribution is -0.170. The van der Waals surface area contributed by atoms with E-state index in [0.717, 1.165) is 16.9 Å². The molecule has 2 aromatic rings. The number of aliphatic hydroxyl groups excluding tert-OH is 1. The van der Waals surface area contributed by atoms with Gasteiger partial charge in [0, 0.05) is 0 Å². The van der Waals surface area contributed by atoms with Crippen molar-refractivity contribution < 1.29 is 19.5 Å². The first-order valence-corrected chi connectivity index (χ1v) is 10.3. The Morgan fingerprint density at radius 1 is 1.35 bits per heavy atom. The summed E-state index contributed by atoms with van der Waals surface area (Å²) in [6, 6.07) is 7.37. The Morgan fingerprint density at radius 3 is 2.65 bits per heavy atom. The molecule has 2 aliphatic rings. The predicted octanol–water partition coefficient (Wildman–Crippen LogP) is -0.615. The van der Waals surface area contributed by atoms with Crippen molar-refractivity contribution in [1.82, 2.24) is 25.2 Å². The van der Waals surface area contributed by atoms with Crippen molar-refractivity contribution in [3.8, 4) is 0 Å². The minimum Gasteiger partial charge on any atom is -0.391 e. The largest absolute Gasteiger partial charge is 0.391 e. The number of likely N-dealkylation sites (tertiary alicyclic amines) is 1. The fourth-order valence-corrected chi connectivity index (χ4v) is 4.69. The van der Waals surface area contributed by atoms with E-state index in [9.17, 15) is 19.5 Å². The second kappa shape index (κ2) is 7.86. The molecule has 4 atom stereocenters. The zero-order valence-corrected chi connectivity index (χ0v) is 17.5. The van der Waals surface area contributed by atoms with Crippen LogP contribution in [0.25, 0.3) is 0 Å². The highest BCUT2D eigenvalue weighted by Gasteiger charge is 2.67. The number of carbonyl (C=O) groups is 3. The molecule has 0 aliphatic carbocycles. The Bertz CT molecular complexity index is 1010. The van der Waals surface area contributed by atoms with Crippen LogP contribution < -0.4 is 11.1 Å². The van der Waals surface area contributed by atoms with Crippen molar-refractivity contribution in [3.05, 3.63) is 47.3 Å². The number of nitrogens with zero attached hydrogens (tertiary/aromatic N) is 4.